The zero-order chi connectivity index (χ0) is 19.6. The van der Waals surface area contributed by atoms with Crippen LogP contribution in [0.4, 0.5) is 4.39 Å². The standard InChI is InChI=1S/C16H13ClFN5O3S/c1-27(25,26)13-5-10(4-11(17)6-13)16(24)20-8-15-21-9-22-23(15)14-3-2-12(18)7-19-14/h2-7,9H,8H2,1H3,(H,20,24). The molecule has 0 unspecified atom stereocenters. The molecule has 0 saturated carbocycles. The summed E-state index contributed by atoms with van der Waals surface area (Å²) in [6.07, 6.45) is 3.34. The first-order valence-electron chi connectivity index (χ1n) is 7.54. The van der Waals surface area contributed by atoms with Crippen LogP contribution in [0.25, 0.3) is 5.82 Å². The number of amides is 1. The normalized spacial score (nSPS) is 11.4. The molecular weight excluding hydrogens is 397 g/mol. The largest absolute Gasteiger partial charge is 0.345 e. The molecule has 3 rings (SSSR count). The molecule has 3 aromatic rings. The van der Waals surface area contributed by atoms with Crippen molar-refractivity contribution in [2.45, 2.75) is 11.4 Å². The van der Waals surface area contributed by atoms with Crippen LogP contribution < -0.4 is 5.32 Å². The Labute approximate surface area is 158 Å². The number of benzene rings is 1. The highest BCUT2D eigenvalue weighted by atomic mass is 35.5. The number of carbonyl (C=O) groups is 1. The number of sulfone groups is 1. The van der Waals surface area contributed by atoms with Crippen LogP contribution in [-0.2, 0) is 16.4 Å². The Kier molecular flexibility index (Phi) is 5.19. The van der Waals surface area contributed by atoms with Gasteiger partial charge in [0.2, 0.25) is 0 Å². The van der Waals surface area contributed by atoms with Crippen molar-refractivity contribution in [3.05, 3.63) is 65.1 Å². The minimum absolute atomic E-state index is 0.0153. The molecule has 2 aromatic heterocycles. The van der Waals surface area contributed by atoms with E-state index >= 15 is 0 Å². The molecule has 0 aliphatic heterocycles. The molecule has 0 bridgehead atoms. The lowest BCUT2D eigenvalue weighted by Gasteiger charge is -2.08. The molecule has 0 radical (unpaired) electrons. The van der Waals surface area contributed by atoms with E-state index < -0.39 is 21.6 Å². The molecule has 8 nitrogen and oxygen atoms in total. The summed E-state index contributed by atoms with van der Waals surface area (Å²) in [5, 5.41) is 6.73. The predicted octanol–water partition coefficient (Wildman–Crippen LogP) is 1.79. The van der Waals surface area contributed by atoms with Crippen molar-refractivity contribution in [1.29, 1.82) is 0 Å². The Hall–Kier alpha value is -2.85. The van der Waals surface area contributed by atoms with Gasteiger partial charge in [-0.25, -0.2) is 22.8 Å². The molecular formula is C16H13ClFN5O3S. The zero-order valence-electron chi connectivity index (χ0n) is 13.9. The molecule has 0 spiro atoms. The highest BCUT2D eigenvalue weighted by Crippen LogP contribution is 2.19. The van der Waals surface area contributed by atoms with Crippen LogP contribution >= 0.6 is 11.6 Å². The zero-order valence-corrected chi connectivity index (χ0v) is 15.5. The third kappa shape index (κ3) is 4.47. The maximum absolute atomic E-state index is 13.0. The first kappa shape index (κ1) is 18.9. The number of halogens is 2. The first-order valence-corrected chi connectivity index (χ1v) is 9.80. The second kappa shape index (κ2) is 7.41. The summed E-state index contributed by atoms with van der Waals surface area (Å²) in [6.45, 7) is -0.0153. The predicted molar refractivity (Wildman–Crippen MR) is 94.8 cm³/mol. The van der Waals surface area contributed by atoms with Gasteiger partial charge in [0, 0.05) is 16.8 Å². The summed E-state index contributed by atoms with van der Waals surface area (Å²) in [4.78, 5) is 20.3. The Morgan fingerprint density at radius 3 is 2.70 bits per heavy atom. The Bertz CT molecular complexity index is 1100. The third-order valence-electron chi connectivity index (χ3n) is 3.52. The van der Waals surface area contributed by atoms with E-state index in [1.807, 2.05) is 0 Å². The molecule has 0 aliphatic rings. The number of aromatic nitrogens is 4. The lowest BCUT2D eigenvalue weighted by atomic mass is 10.2. The van der Waals surface area contributed by atoms with Gasteiger partial charge in [-0.3, -0.25) is 4.79 Å². The summed E-state index contributed by atoms with van der Waals surface area (Å²) >= 11 is 5.91. The second-order valence-electron chi connectivity index (χ2n) is 5.55. The average molecular weight is 410 g/mol. The van der Waals surface area contributed by atoms with Crippen LogP contribution in [0.15, 0.2) is 47.8 Å². The molecule has 140 valence electrons. The van der Waals surface area contributed by atoms with Gasteiger partial charge in [0.05, 0.1) is 17.6 Å². The minimum atomic E-state index is -3.52. The van der Waals surface area contributed by atoms with Gasteiger partial charge >= 0.3 is 0 Å². The third-order valence-corrected chi connectivity index (χ3v) is 4.83. The van der Waals surface area contributed by atoms with Crippen molar-refractivity contribution in [3.8, 4) is 5.82 Å². The van der Waals surface area contributed by atoms with Gasteiger partial charge in [-0.2, -0.15) is 9.78 Å². The Morgan fingerprint density at radius 1 is 1.26 bits per heavy atom. The Balaban J connectivity index is 1.79. The van der Waals surface area contributed by atoms with Crippen LogP contribution in [0.1, 0.15) is 16.2 Å². The molecule has 1 amide bonds. The number of hydrogen-bond acceptors (Lipinski definition) is 6. The van der Waals surface area contributed by atoms with Crippen LogP contribution in [0.3, 0.4) is 0 Å². The van der Waals surface area contributed by atoms with Gasteiger partial charge in [0.1, 0.15) is 12.1 Å². The maximum Gasteiger partial charge on any atom is 0.251 e. The van der Waals surface area contributed by atoms with E-state index in [1.54, 1.807) is 0 Å². The number of carbonyl (C=O) groups excluding carboxylic acids is 1. The van der Waals surface area contributed by atoms with E-state index in [0.717, 1.165) is 12.5 Å². The fourth-order valence-electron chi connectivity index (χ4n) is 2.24. The van der Waals surface area contributed by atoms with Crippen molar-refractivity contribution >= 4 is 27.3 Å². The molecule has 0 saturated heterocycles. The monoisotopic (exact) mass is 409 g/mol. The lowest BCUT2D eigenvalue weighted by molar-refractivity contribution is 0.0949. The highest BCUT2D eigenvalue weighted by Gasteiger charge is 2.15. The van der Waals surface area contributed by atoms with Crippen LogP contribution in [0.2, 0.25) is 5.02 Å². The average Bonchev–Trinajstić information content (AvgIpc) is 3.07. The van der Waals surface area contributed by atoms with Gasteiger partial charge in [0.15, 0.2) is 21.5 Å². The van der Waals surface area contributed by atoms with Crippen LogP contribution in [0, 0.1) is 5.82 Å². The molecule has 0 atom stereocenters. The molecule has 11 heteroatoms. The molecule has 1 N–H and O–H groups in total. The number of hydrogen-bond donors (Lipinski definition) is 1. The van der Waals surface area contributed by atoms with Gasteiger partial charge in [-0.05, 0) is 30.3 Å². The van der Waals surface area contributed by atoms with Gasteiger partial charge in [0.25, 0.3) is 5.91 Å². The van der Waals surface area contributed by atoms with E-state index in [4.69, 9.17) is 11.6 Å². The van der Waals surface area contributed by atoms with Crippen molar-refractivity contribution in [1.82, 2.24) is 25.1 Å². The van der Waals surface area contributed by atoms with Gasteiger partial charge < -0.3 is 5.32 Å². The van der Waals surface area contributed by atoms with Crippen molar-refractivity contribution in [2.24, 2.45) is 0 Å². The molecule has 27 heavy (non-hydrogen) atoms. The first-order chi connectivity index (χ1) is 12.7. The van der Waals surface area contributed by atoms with E-state index in [0.29, 0.717) is 11.6 Å². The lowest BCUT2D eigenvalue weighted by Crippen LogP contribution is -2.25. The summed E-state index contributed by atoms with van der Waals surface area (Å²) in [5.41, 5.74) is 0.0916. The van der Waals surface area contributed by atoms with Crippen molar-refractivity contribution < 1.29 is 17.6 Å². The van der Waals surface area contributed by atoms with E-state index in [2.05, 4.69) is 20.4 Å². The molecule has 2 heterocycles. The number of nitrogens with one attached hydrogen (secondary N) is 1. The van der Waals surface area contributed by atoms with Crippen LogP contribution in [0.5, 0.6) is 0 Å². The molecule has 1 aromatic carbocycles. The molecule has 0 fully saturated rings. The molecule has 0 aliphatic carbocycles. The minimum Gasteiger partial charge on any atom is -0.345 e. The van der Waals surface area contributed by atoms with Gasteiger partial charge in [-0.1, -0.05) is 11.6 Å². The highest BCUT2D eigenvalue weighted by molar-refractivity contribution is 7.90. The van der Waals surface area contributed by atoms with E-state index in [-0.39, 0.29) is 22.0 Å². The van der Waals surface area contributed by atoms with E-state index in [9.17, 15) is 17.6 Å². The smallest absolute Gasteiger partial charge is 0.251 e. The van der Waals surface area contributed by atoms with E-state index in [1.165, 1.54) is 41.3 Å². The van der Waals surface area contributed by atoms with Crippen LogP contribution in [-0.4, -0.2) is 40.3 Å². The quantitative estimate of drug-likeness (QED) is 0.688. The summed E-state index contributed by atoms with van der Waals surface area (Å²) < 4.78 is 37.7. The van der Waals surface area contributed by atoms with Gasteiger partial charge in [-0.15, -0.1) is 0 Å². The van der Waals surface area contributed by atoms with Crippen molar-refractivity contribution in [3.63, 3.8) is 0 Å². The fraction of sp³-hybridized carbons (Fsp3) is 0.125. The summed E-state index contributed by atoms with van der Waals surface area (Å²) in [5.74, 6) is -0.339. The second-order valence-corrected chi connectivity index (χ2v) is 8.01. The summed E-state index contributed by atoms with van der Waals surface area (Å²) in [6, 6.07) is 6.51. The SMILES string of the molecule is CS(=O)(=O)c1cc(Cl)cc(C(=O)NCc2ncnn2-c2ccc(F)cn2)c1. The Morgan fingerprint density at radius 2 is 2.04 bits per heavy atom. The number of rotatable bonds is 5. The maximum atomic E-state index is 13.0. The fourth-order valence-corrected chi connectivity index (χ4v) is 3.22. The number of pyridine rings is 1. The number of nitrogens with zero attached hydrogens (tertiary/aromatic N) is 4. The van der Waals surface area contributed by atoms with Crippen molar-refractivity contribution in [2.75, 3.05) is 6.26 Å². The summed E-state index contributed by atoms with van der Waals surface area (Å²) in [7, 11) is -3.52. The topological polar surface area (TPSA) is 107 Å².